The lowest BCUT2D eigenvalue weighted by Crippen LogP contribution is -2.59. The van der Waals surface area contributed by atoms with E-state index in [9.17, 15) is 18.7 Å². The summed E-state index contributed by atoms with van der Waals surface area (Å²) < 4.78 is 30.0. The van der Waals surface area contributed by atoms with E-state index in [0.29, 0.717) is 19.3 Å². The van der Waals surface area contributed by atoms with Gasteiger partial charge in [0.2, 0.25) is 0 Å². The number of carbonyl (C=O) groups excluding carboxylic acids is 1. The number of hydrogen-bond acceptors (Lipinski definition) is 2. The average molecular weight is 423 g/mol. The van der Waals surface area contributed by atoms with E-state index in [1.54, 1.807) is 12.0 Å². The van der Waals surface area contributed by atoms with Gasteiger partial charge in [-0.05, 0) is 79.1 Å². The van der Waals surface area contributed by atoms with E-state index in [1.807, 2.05) is 25.1 Å². The van der Waals surface area contributed by atoms with E-state index in [-0.39, 0.29) is 30.0 Å². The molecule has 0 aliphatic heterocycles. The van der Waals surface area contributed by atoms with E-state index in [2.05, 4.69) is 12.1 Å². The third-order valence-electron chi connectivity index (χ3n) is 8.79. The van der Waals surface area contributed by atoms with Gasteiger partial charge in [0, 0.05) is 17.8 Å². The van der Waals surface area contributed by atoms with Crippen LogP contribution in [0.1, 0.15) is 63.4 Å². The Morgan fingerprint density at radius 3 is 2.61 bits per heavy atom. The summed E-state index contributed by atoms with van der Waals surface area (Å²) in [6.07, 6.45) is 10.9. The molecular formula is C27H28F2O2. The second kappa shape index (κ2) is 6.87. The lowest BCUT2D eigenvalue weighted by Gasteiger charge is -2.55. The van der Waals surface area contributed by atoms with Crippen molar-refractivity contribution in [1.82, 2.24) is 0 Å². The standard InChI is InChI=1S/C27H28F2O2/c1-3-27(28,29)26(31)14-13-23-21-11-9-18-15-19(30)10-12-20(18)24(21)22(16-25(23,26)2)17-7-5-4-6-8-17/h1,4-8,15,21-23,31H,9-14,16H2,2H3/t21?,22-,23?,25+,26+/m1/s1. The first-order valence-corrected chi connectivity index (χ1v) is 11.3. The van der Waals surface area contributed by atoms with Crippen LogP contribution in [0.2, 0.25) is 0 Å². The minimum Gasteiger partial charge on any atom is -0.382 e. The molecule has 2 nitrogen and oxygen atoms in total. The van der Waals surface area contributed by atoms with Gasteiger partial charge < -0.3 is 5.11 Å². The van der Waals surface area contributed by atoms with E-state index < -0.39 is 16.9 Å². The molecule has 0 saturated heterocycles. The molecule has 1 N–H and O–H groups in total. The number of hydrogen-bond donors (Lipinski definition) is 1. The van der Waals surface area contributed by atoms with Crippen LogP contribution in [0.25, 0.3) is 0 Å². The SMILES string of the molecule is C#CC(F)(F)[C@]1(O)CCC2C3CCC4=CC(=O)CCC4=C3[C@@H](c3ccccc3)C[C@@]21C. The summed E-state index contributed by atoms with van der Waals surface area (Å²) in [5.41, 5.74) is 1.63. The zero-order valence-electron chi connectivity index (χ0n) is 17.8. The maximum absolute atomic E-state index is 15.0. The number of alkyl halides is 2. The minimum atomic E-state index is -3.57. The van der Waals surface area contributed by atoms with Crippen molar-refractivity contribution in [2.45, 2.75) is 69.3 Å². The molecule has 4 heteroatoms. The highest BCUT2D eigenvalue weighted by molar-refractivity contribution is 5.93. The van der Waals surface area contributed by atoms with Crippen molar-refractivity contribution in [2.75, 3.05) is 0 Å². The summed E-state index contributed by atoms with van der Waals surface area (Å²) in [4.78, 5) is 12.1. The molecule has 31 heavy (non-hydrogen) atoms. The molecule has 1 aromatic carbocycles. The van der Waals surface area contributed by atoms with Crippen molar-refractivity contribution in [3.63, 3.8) is 0 Å². The number of carbonyl (C=O) groups is 1. The minimum absolute atomic E-state index is 0.0210. The number of benzene rings is 1. The largest absolute Gasteiger partial charge is 0.382 e. The predicted octanol–water partition coefficient (Wildman–Crippen LogP) is 5.59. The Morgan fingerprint density at radius 1 is 1.16 bits per heavy atom. The summed E-state index contributed by atoms with van der Waals surface area (Å²) >= 11 is 0. The Kier molecular flexibility index (Phi) is 4.58. The lowest BCUT2D eigenvalue weighted by molar-refractivity contribution is -0.209. The van der Waals surface area contributed by atoms with E-state index in [0.717, 1.165) is 30.4 Å². The molecule has 0 heterocycles. The number of rotatable bonds is 2. The van der Waals surface area contributed by atoms with Crippen LogP contribution in [-0.2, 0) is 4.79 Å². The molecule has 2 fully saturated rings. The van der Waals surface area contributed by atoms with Gasteiger partial charge in [0.25, 0.3) is 0 Å². The summed E-state index contributed by atoms with van der Waals surface area (Å²) in [6.45, 7) is 1.84. The molecule has 0 aromatic heterocycles. The van der Waals surface area contributed by atoms with Gasteiger partial charge in [-0.25, -0.2) is 0 Å². The van der Waals surface area contributed by atoms with E-state index in [4.69, 9.17) is 6.42 Å². The molecule has 5 atom stereocenters. The van der Waals surface area contributed by atoms with Gasteiger partial charge in [0.15, 0.2) is 5.78 Å². The fraction of sp³-hybridized carbons (Fsp3) is 0.519. The molecule has 4 aliphatic rings. The Bertz CT molecular complexity index is 1030. The number of fused-ring (bicyclic) bond motifs is 4. The summed E-state index contributed by atoms with van der Waals surface area (Å²) in [5.74, 6) is -1.74. The number of aliphatic hydroxyl groups is 1. The van der Waals surface area contributed by atoms with Crippen molar-refractivity contribution in [3.05, 3.63) is 58.7 Å². The van der Waals surface area contributed by atoms with Crippen LogP contribution in [0.4, 0.5) is 8.78 Å². The van der Waals surface area contributed by atoms with Gasteiger partial charge in [0.1, 0.15) is 5.60 Å². The molecule has 1 aromatic rings. The highest BCUT2D eigenvalue weighted by Crippen LogP contribution is 2.69. The number of terminal acetylenes is 1. The van der Waals surface area contributed by atoms with Crippen LogP contribution in [0.3, 0.4) is 0 Å². The predicted molar refractivity (Wildman–Crippen MR) is 115 cm³/mol. The zero-order chi connectivity index (χ0) is 22.0. The van der Waals surface area contributed by atoms with Gasteiger partial charge >= 0.3 is 5.92 Å². The third-order valence-corrected chi connectivity index (χ3v) is 8.79. The van der Waals surface area contributed by atoms with Gasteiger partial charge in [-0.2, -0.15) is 8.78 Å². The van der Waals surface area contributed by atoms with Crippen LogP contribution in [0, 0.1) is 29.6 Å². The molecular weight excluding hydrogens is 394 g/mol. The Labute approximate surface area is 182 Å². The van der Waals surface area contributed by atoms with E-state index in [1.165, 1.54) is 11.1 Å². The summed E-state index contributed by atoms with van der Waals surface area (Å²) in [5, 5.41) is 11.4. The van der Waals surface area contributed by atoms with Gasteiger partial charge in [-0.3, -0.25) is 4.79 Å². The second-order valence-electron chi connectivity index (χ2n) is 10.0. The van der Waals surface area contributed by atoms with Crippen LogP contribution >= 0.6 is 0 Å². The van der Waals surface area contributed by atoms with Gasteiger partial charge in [-0.1, -0.05) is 42.8 Å². The van der Waals surface area contributed by atoms with Crippen LogP contribution in [-0.4, -0.2) is 22.4 Å². The Balaban J connectivity index is 1.70. The lowest BCUT2D eigenvalue weighted by atomic mass is 9.50. The normalized spacial score (nSPS) is 37.5. The first kappa shape index (κ1) is 20.6. The fourth-order valence-corrected chi connectivity index (χ4v) is 7.28. The van der Waals surface area contributed by atoms with Crippen molar-refractivity contribution in [3.8, 4) is 12.3 Å². The summed E-state index contributed by atoms with van der Waals surface area (Å²) in [6, 6.07) is 10.0. The van der Waals surface area contributed by atoms with Crippen molar-refractivity contribution < 1.29 is 18.7 Å². The second-order valence-corrected chi connectivity index (χ2v) is 10.0. The first-order chi connectivity index (χ1) is 14.7. The zero-order valence-corrected chi connectivity index (χ0v) is 17.8. The maximum atomic E-state index is 15.0. The Hall–Kier alpha value is -2.25. The average Bonchev–Trinajstić information content (AvgIpc) is 3.05. The quantitative estimate of drug-likeness (QED) is 0.631. The molecule has 5 rings (SSSR count). The smallest absolute Gasteiger partial charge is 0.336 e. The highest BCUT2D eigenvalue weighted by atomic mass is 19.3. The molecule has 0 bridgehead atoms. The molecule has 2 saturated carbocycles. The Morgan fingerprint density at radius 2 is 1.90 bits per heavy atom. The van der Waals surface area contributed by atoms with Gasteiger partial charge in [-0.15, -0.1) is 6.42 Å². The van der Waals surface area contributed by atoms with Crippen molar-refractivity contribution in [2.24, 2.45) is 17.3 Å². The third kappa shape index (κ3) is 2.75. The monoisotopic (exact) mass is 422 g/mol. The van der Waals surface area contributed by atoms with E-state index >= 15 is 0 Å². The van der Waals surface area contributed by atoms with Crippen molar-refractivity contribution in [1.29, 1.82) is 0 Å². The number of allylic oxidation sites excluding steroid dienone is 4. The molecule has 2 unspecified atom stereocenters. The van der Waals surface area contributed by atoms with Crippen LogP contribution in [0.15, 0.2) is 53.1 Å². The first-order valence-electron chi connectivity index (χ1n) is 11.3. The molecule has 162 valence electrons. The highest BCUT2D eigenvalue weighted by Gasteiger charge is 2.71. The molecule has 0 spiro atoms. The molecule has 4 aliphatic carbocycles. The topological polar surface area (TPSA) is 37.3 Å². The van der Waals surface area contributed by atoms with Crippen LogP contribution < -0.4 is 0 Å². The number of ketones is 1. The maximum Gasteiger partial charge on any atom is 0.336 e. The fourth-order valence-electron chi connectivity index (χ4n) is 7.28. The van der Waals surface area contributed by atoms with Gasteiger partial charge in [0.05, 0.1) is 0 Å². The summed E-state index contributed by atoms with van der Waals surface area (Å²) in [7, 11) is 0. The van der Waals surface area contributed by atoms with Crippen molar-refractivity contribution >= 4 is 5.78 Å². The number of halogens is 2. The van der Waals surface area contributed by atoms with Crippen LogP contribution in [0.5, 0.6) is 0 Å². The molecule has 0 radical (unpaired) electrons. The molecule has 0 amide bonds.